The van der Waals surface area contributed by atoms with Crippen molar-refractivity contribution < 1.29 is 0 Å². The Morgan fingerprint density at radius 2 is 1.23 bits per heavy atom. The van der Waals surface area contributed by atoms with Crippen LogP contribution in [0.5, 0.6) is 0 Å². The molecule has 0 aliphatic heterocycles. The lowest BCUT2D eigenvalue weighted by Gasteiger charge is -2.12. The SMILES string of the molecule is C/C=C\C=C/c1c(C)cc(=C/CCC)/c(=C\C)nccc(-c2cccc(-c3nc(-c4ccccc4)nc(-c4ccccc4)n3)c2)c1C. The van der Waals surface area contributed by atoms with Gasteiger partial charge in [-0.1, -0.05) is 129 Å². The number of hydrogen-bond acceptors (Lipinski definition) is 4. The van der Waals surface area contributed by atoms with E-state index in [1.807, 2.05) is 86.8 Å². The van der Waals surface area contributed by atoms with E-state index in [2.05, 4.69) is 87.5 Å². The van der Waals surface area contributed by atoms with Gasteiger partial charge in [-0.05, 0) is 85.4 Å². The summed E-state index contributed by atoms with van der Waals surface area (Å²) in [6.07, 6.45) is 16.8. The molecule has 0 saturated heterocycles. The summed E-state index contributed by atoms with van der Waals surface area (Å²) in [6, 6.07) is 33.0. The van der Waals surface area contributed by atoms with Gasteiger partial charge >= 0.3 is 0 Å². The standard InChI is InChI=1S/C43H42N4/c1-6-9-13-26-38-31(4)29-36(19-10-7-2)40(8-3)44-28-27-39(32(38)5)35-24-18-25-37(30-35)43-46-41(33-20-14-11-15-21-33)45-42(47-43)34-22-16-12-17-23-34/h6,8-9,11-30H,7,10H2,1-5H3/b9-6-,26-13-,31-29?,36-19-,38-32?,39-27?,40-8+,44-28?. The third kappa shape index (κ3) is 8.22. The Kier molecular flexibility index (Phi) is 11.3. The quantitative estimate of drug-likeness (QED) is 0.163. The molecule has 0 radical (unpaired) electrons. The molecule has 0 fully saturated rings. The summed E-state index contributed by atoms with van der Waals surface area (Å²) >= 11 is 0. The number of aryl methyl sites for hydroxylation is 1. The molecule has 0 amide bonds. The van der Waals surface area contributed by atoms with E-state index in [9.17, 15) is 0 Å². The molecule has 0 aliphatic rings. The highest BCUT2D eigenvalue weighted by Gasteiger charge is 2.13. The summed E-state index contributed by atoms with van der Waals surface area (Å²) in [7, 11) is 0. The van der Waals surface area contributed by atoms with E-state index in [1.54, 1.807) is 0 Å². The summed E-state index contributed by atoms with van der Waals surface area (Å²) < 4.78 is 0. The number of hydrogen-bond donors (Lipinski definition) is 0. The third-order valence-corrected chi connectivity index (χ3v) is 7.98. The molecule has 5 rings (SSSR count). The minimum atomic E-state index is 0.626. The van der Waals surface area contributed by atoms with Crippen LogP contribution in [0.1, 0.15) is 50.3 Å². The summed E-state index contributed by atoms with van der Waals surface area (Å²) in [5.74, 6) is 1.91. The highest BCUT2D eigenvalue weighted by molar-refractivity contribution is 5.76. The maximum absolute atomic E-state index is 4.97. The van der Waals surface area contributed by atoms with Gasteiger partial charge in [0.25, 0.3) is 0 Å². The van der Waals surface area contributed by atoms with Crippen molar-refractivity contribution in [2.75, 3.05) is 0 Å². The van der Waals surface area contributed by atoms with Crippen LogP contribution < -0.4 is 10.6 Å². The van der Waals surface area contributed by atoms with Gasteiger partial charge in [0.05, 0.1) is 5.35 Å². The van der Waals surface area contributed by atoms with E-state index in [-0.39, 0.29) is 0 Å². The van der Waals surface area contributed by atoms with Gasteiger partial charge < -0.3 is 0 Å². The first kappa shape index (κ1) is 32.9. The molecule has 4 nitrogen and oxygen atoms in total. The third-order valence-electron chi connectivity index (χ3n) is 7.98. The Balaban J connectivity index is 1.75. The Labute approximate surface area is 279 Å². The van der Waals surface area contributed by atoms with Crippen LogP contribution in [0.25, 0.3) is 63.5 Å². The molecular formula is C43H42N4. The van der Waals surface area contributed by atoms with E-state index in [0.29, 0.717) is 17.5 Å². The first-order valence-electron chi connectivity index (χ1n) is 16.3. The number of unbranched alkanes of at least 4 members (excludes halogenated alkanes) is 1. The summed E-state index contributed by atoms with van der Waals surface area (Å²) in [5.41, 5.74) is 8.46. The van der Waals surface area contributed by atoms with Crippen molar-refractivity contribution in [2.24, 2.45) is 0 Å². The molecule has 234 valence electrons. The lowest BCUT2D eigenvalue weighted by atomic mass is 9.95. The minimum absolute atomic E-state index is 0.626. The zero-order valence-electron chi connectivity index (χ0n) is 28.0. The maximum Gasteiger partial charge on any atom is 0.164 e. The fourth-order valence-corrected chi connectivity index (χ4v) is 5.52. The van der Waals surface area contributed by atoms with E-state index < -0.39 is 0 Å². The van der Waals surface area contributed by atoms with Crippen LogP contribution in [-0.4, -0.2) is 19.9 Å². The fourth-order valence-electron chi connectivity index (χ4n) is 5.52. The molecule has 47 heavy (non-hydrogen) atoms. The second-order valence-corrected chi connectivity index (χ2v) is 11.4. The largest absolute Gasteiger partial charge is 0.257 e. The molecule has 2 aromatic heterocycles. The molecule has 0 bridgehead atoms. The van der Waals surface area contributed by atoms with Crippen molar-refractivity contribution in [3.63, 3.8) is 0 Å². The van der Waals surface area contributed by atoms with Gasteiger partial charge in [-0.2, -0.15) is 0 Å². The molecule has 4 heteroatoms. The van der Waals surface area contributed by atoms with Crippen LogP contribution >= 0.6 is 0 Å². The number of rotatable bonds is 8. The van der Waals surface area contributed by atoms with Crippen molar-refractivity contribution in [3.8, 4) is 45.3 Å². The van der Waals surface area contributed by atoms with E-state index >= 15 is 0 Å². The number of aromatic nitrogens is 4. The van der Waals surface area contributed by atoms with Crippen molar-refractivity contribution in [1.29, 1.82) is 0 Å². The van der Waals surface area contributed by atoms with Crippen LogP contribution in [0.15, 0.2) is 121 Å². The van der Waals surface area contributed by atoms with Gasteiger partial charge in [0.1, 0.15) is 0 Å². The van der Waals surface area contributed by atoms with Gasteiger partial charge in [0, 0.05) is 22.9 Å². The molecule has 0 saturated carbocycles. The van der Waals surface area contributed by atoms with Crippen LogP contribution in [0.3, 0.4) is 0 Å². The minimum Gasteiger partial charge on any atom is -0.257 e. The summed E-state index contributed by atoms with van der Waals surface area (Å²) in [5, 5.41) is 2.11. The molecule has 0 atom stereocenters. The zero-order valence-corrected chi connectivity index (χ0v) is 28.0. The molecule has 3 aromatic carbocycles. The lowest BCUT2D eigenvalue weighted by molar-refractivity contribution is 0.989. The number of benzene rings is 3. The van der Waals surface area contributed by atoms with Gasteiger partial charge in [-0.3, -0.25) is 4.98 Å². The van der Waals surface area contributed by atoms with Gasteiger partial charge in [-0.15, -0.1) is 0 Å². The average molecular weight is 615 g/mol. The first-order valence-corrected chi connectivity index (χ1v) is 16.3. The Morgan fingerprint density at radius 1 is 0.638 bits per heavy atom. The van der Waals surface area contributed by atoms with Gasteiger partial charge in [-0.25, -0.2) is 15.0 Å². The normalized spacial score (nSPS) is 12.2. The second-order valence-electron chi connectivity index (χ2n) is 11.4. The fraction of sp³-hybridized carbons (Fsp3) is 0.163. The van der Waals surface area contributed by atoms with Crippen molar-refractivity contribution >= 4 is 18.2 Å². The topological polar surface area (TPSA) is 51.6 Å². The average Bonchev–Trinajstić information content (AvgIpc) is 3.12. The first-order chi connectivity index (χ1) is 23.0. The predicted molar refractivity (Wildman–Crippen MR) is 199 cm³/mol. The molecule has 0 spiro atoms. The Hall–Kier alpha value is -5.48. The molecule has 0 aliphatic carbocycles. The summed E-state index contributed by atoms with van der Waals surface area (Å²) in [6.45, 7) is 10.7. The number of allylic oxidation sites excluding steroid dienone is 3. The lowest BCUT2D eigenvalue weighted by Crippen LogP contribution is -2.26. The molecule has 5 aromatic rings. The molecule has 0 N–H and O–H groups in total. The van der Waals surface area contributed by atoms with E-state index in [4.69, 9.17) is 19.9 Å². The van der Waals surface area contributed by atoms with Gasteiger partial charge in [0.2, 0.25) is 0 Å². The molecule has 2 heterocycles. The van der Waals surface area contributed by atoms with E-state index in [0.717, 1.165) is 56.8 Å². The smallest absolute Gasteiger partial charge is 0.164 e. The van der Waals surface area contributed by atoms with Crippen LogP contribution in [-0.2, 0) is 0 Å². The van der Waals surface area contributed by atoms with E-state index in [1.165, 1.54) is 11.1 Å². The van der Waals surface area contributed by atoms with Gasteiger partial charge in [0.15, 0.2) is 17.5 Å². The van der Waals surface area contributed by atoms with Crippen LogP contribution in [0, 0.1) is 13.8 Å². The van der Waals surface area contributed by atoms with Crippen molar-refractivity contribution in [2.45, 2.75) is 47.5 Å². The zero-order chi connectivity index (χ0) is 33.0. The molecular weight excluding hydrogens is 573 g/mol. The second kappa shape index (κ2) is 16.2. The van der Waals surface area contributed by atoms with Crippen molar-refractivity contribution in [1.82, 2.24) is 19.9 Å². The van der Waals surface area contributed by atoms with Crippen LogP contribution in [0.2, 0.25) is 0 Å². The number of nitrogens with zero attached hydrogens (tertiary/aromatic N) is 4. The molecule has 0 unspecified atom stereocenters. The monoisotopic (exact) mass is 614 g/mol. The predicted octanol–water partition coefficient (Wildman–Crippen LogP) is 9.65. The Morgan fingerprint density at radius 3 is 1.83 bits per heavy atom. The van der Waals surface area contributed by atoms with Crippen molar-refractivity contribution in [3.05, 3.63) is 149 Å². The highest BCUT2D eigenvalue weighted by Crippen LogP contribution is 2.30. The highest BCUT2D eigenvalue weighted by atomic mass is 15.0. The Bertz CT molecular complexity index is 2020. The van der Waals surface area contributed by atoms with Crippen LogP contribution in [0.4, 0.5) is 0 Å². The summed E-state index contributed by atoms with van der Waals surface area (Å²) in [4.78, 5) is 19.7. The maximum atomic E-state index is 4.97.